The molecule has 106 valence electrons. The number of amides is 1. The SMILES string of the molecule is CC(C)CNC(=O)c1c(-c2ccccc2)n(C)oc1=O. The fourth-order valence-electron chi connectivity index (χ4n) is 1.98. The smallest absolute Gasteiger partial charge is 0.351 e. The van der Waals surface area contributed by atoms with Gasteiger partial charge in [-0.25, -0.2) is 9.53 Å². The molecule has 0 unspecified atom stereocenters. The molecule has 0 aliphatic carbocycles. The number of hydrogen-bond donors (Lipinski definition) is 1. The van der Waals surface area contributed by atoms with E-state index in [0.29, 0.717) is 18.2 Å². The summed E-state index contributed by atoms with van der Waals surface area (Å²) in [5.41, 5.74) is 0.708. The zero-order chi connectivity index (χ0) is 14.7. The van der Waals surface area contributed by atoms with E-state index in [9.17, 15) is 9.59 Å². The third kappa shape index (κ3) is 2.82. The van der Waals surface area contributed by atoms with Gasteiger partial charge in [0.2, 0.25) is 0 Å². The lowest BCUT2D eigenvalue weighted by Gasteiger charge is -2.07. The van der Waals surface area contributed by atoms with E-state index in [1.807, 2.05) is 44.2 Å². The molecule has 0 bridgehead atoms. The molecule has 0 fully saturated rings. The van der Waals surface area contributed by atoms with E-state index in [2.05, 4.69) is 5.32 Å². The quantitative estimate of drug-likeness (QED) is 0.927. The molecule has 0 radical (unpaired) electrons. The van der Waals surface area contributed by atoms with Crippen LogP contribution in [-0.2, 0) is 7.05 Å². The molecule has 1 aromatic heterocycles. The van der Waals surface area contributed by atoms with Gasteiger partial charge in [0, 0.05) is 19.2 Å². The van der Waals surface area contributed by atoms with E-state index in [1.54, 1.807) is 7.05 Å². The summed E-state index contributed by atoms with van der Waals surface area (Å²) >= 11 is 0. The Bertz CT molecular complexity index is 654. The van der Waals surface area contributed by atoms with Crippen molar-refractivity contribution in [2.75, 3.05) is 6.54 Å². The largest absolute Gasteiger partial charge is 0.370 e. The second-order valence-corrected chi connectivity index (χ2v) is 5.07. The molecule has 20 heavy (non-hydrogen) atoms. The molecule has 0 saturated carbocycles. The lowest BCUT2D eigenvalue weighted by molar-refractivity contribution is 0.0947. The van der Waals surface area contributed by atoms with Gasteiger partial charge in [-0.2, -0.15) is 0 Å². The highest BCUT2D eigenvalue weighted by Crippen LogP contribution is 2.21. The molecule has 1 N–H and O–H groups in total. The molecule has 1 heterocycles. The first kappa shape index (κ1) is 14.1. The average Bonchev–Trinajstić information content (AvgIpc) is 2.71. The van der Waals surface area contributed by atoms with Crippen molar-refractivity contribution in [3.05, 3.63) is 46.3 Å². The molecule has 0 spiro atoms. The number of carbonyl (C=O) groups excluding carboxylic acids is 1. The highest BCUT2D eigenvalue weighted by molar-refractivity contribution is 5.99. The van der Waals surface area contributed by atoms with E-state index in [1.165, 1.54) is 4.74 Å². The number of aromatic nitrogens is 1. The molecule has 2 aromatic rings. The number of nitrogens with zero attached hydrogens (tertiary/aromatic N) is 1. The first-order valence-corrected chi connectivity index (χ1v) is 6.54. The van der Waals surface area contributed by atoms with Crippen LogP contribution >= 0.6 is 0 Å². The maximum absolute atomic E-state index is 12.2. The minimum atomic E-state index is -0.618. The predicted octanol–water partition coefficient (Wildman–Crippen LogP) is 2.03. The van der Waals surface area contributed by atoms with Crippen LogP contribution in [0.4, 0.5) is 0 Å². The Balaban J connectivity index is 2.44. The Morgan fingerprint density at radius 1 is 1.30 bits per heavy atom. The van der Waals surface area contributed by atoms with E-state index >= 15 is 0 Å². The van der Waals surface area contributed by atoms with Crippen LogP contribution in [0.1, 0.15) is 24.2 Å². The van der Waals surface area contributed by atoms with Gasteiger partial charge in [0.1, 0.15) is 5.69 Å². The van der Waals surface area contributed by atoms with Crippen molar-refractivity contribution in [2.45, 2.75) is 13.8 Å². The van der Waals surface area contributed by atoms with Crippen molar-refractivity contribution >= 4 is 5.91 Å². The maximum atomic E-state index is 12.2. The number of carbonyl (C=O) groups is 1. The van der Waals surface area contributed by atoms with Crippen molar-refractivity contribution in [3.63, 3.8) is 0 Å². The number of hydrogen-bond acceptors (Lipinski definition) is 3. The fourth-order valence-corrected chi connectivity index (χ4v) is 1.98. The number of benzene rings is 1. The zero-order valence-corrected chi connectivity index (χ0v) is 11.8. The predicted molar refractivity (Wildman–Crippen MR) is 76.6 cm³/mol. The maximum Gasteiger partial charge on any atom is 0.370 e. The van der Waals surface area contributed by atoms with Crippen molar-refractivity contribution in [1.82, 2.24) is 10.1 Å². The summed E-state index contributed by atoms with van der Waals surface area (Å²) in [6.45, 7) is 4.50. The summed E-state index contributed by atoms with van der Waals surface area (Å²) in [6.07, 6.45) is 0. The van der Waals surface area contributed by atoms with Crippen LogP contribution in [0.15, 0.2) is 39.6 Å². The molecule has 5 heteroatoms. The number of nitrogens with one attached hydrogen (secondary N) is 1. The van der Waals surface area contributed by atoms with Crippen molar-refractivity contribution < 1.29 is 9.32 Å². The van der Waals surface area contributed by atoms with Gasteiger partial charge in [0.15, 0.2) is 5.56 Å². The highest BCUT2D eigenvalue weighted by Gasteiger charge is 2.23. The van der Waals surface area contributed by atoms with Gasteiger partial charge in [0.25, 0.3) is 5.91 Å². The Hall–Kier alpha value is -2.30. The van der Waals surface area contributed by atoms with Gasteiger partial charge in [-0.1, -0.05) is 44.2 Å². The third-order valence-electron chi connectivity index (χ3n) is 2.92. The summed E-state index contributed by atoms with van der Waals surface area (Å²) in [4.78, 5) is 24.1. The summed E-state index contributed by atoms with van der Waals surface area (Å²) in [6, 6.07) is 9.25. The van der Waals surface area contributed by atoms with Crippen LogP contribution in [0.2, 0.25) is 0 Å². The summed E-state index contributed by atoms with van der Waals surface area (Å²) in [7, 11) is 1.61. The van der Waals surface area contributed by atoms with Gasteiger partial charge in [0.05, 0.1) is 0 Å². The summed E-state index contributed by atoms with van der Waals surface area (Å²) in [5, 5.41) is 2.75. The van der Waals surface area contributed by atoms with Gasteiger partial charge in [-0.3, -0.25) is 4.79 Å². The minimum Gasteiger partial charge on any atom is -0.351 e. The molecular formula is C15H18N2O3. The Labute approximate surface area is 117 Å². The zero-order valence-electron chi connectivity index (χ0n) is 11.8. The van der Waals surface area contributed by atoms with Crippen molar-refractivity contribution in [3.8, 4) is 11.3 Å². The van der Waals surface area contributed by atoms with Crippen LogP contribution in [0, 0.1) is 5.92 Å². The standard InChI is InChI=1S/C15H18N2O3/c1-10(2)9-16-14(18)12-13(17(3)20-15(12)19)11-7-5-4-6-8-11/h4-8,10H,9H2,1-3H3,(H,16,18). The lowest BCUT2D eigenvalue weighted by atomic mass is 10.1. The van der Waals surface area contributed by atoms with Crippen molar-refractivity contribution in [1.29, 1.82) is 0 Å². The number of aryl methyl sites for hydroxylation is 1. The second kappa shape index (κ2) is 5.77. The fraction of sp³-hybridized carbons (Fsp3) is 0.333. The third-order valence-corrected chi connectivity index (χ3v) is 2.92. The van der Waals surface area contributed by atoms with Gasteiger partial charge in [-0.05, 0) is 5.92 Å². The molecule has 0 aliphatic rings. The van der Waals surface area contributed by atoms with Gasteiger partial charge in [-0.15, -0.1) is 0 Å². The van der Waals surface area contributed by atoms with E-state index < -0.39 is 11.5 Å². The van der Waals surface area contributed by atoms with E-state index in [0.717, 1.165) is 5.56 Å². The van der Waals surface area contributed by atoms with Crippen LogP contribution in [0.3, 0.4) is 0 Å². The average molecular weight is 274 g/mol. The molecule has 0 atom stereocenters. The molecule has 5 nitrogen and oxygen atoms in total. The first-order valence-electron chi connectivity index (χ1n) is 6.54. The van der Waals surface area contributed by atoms with Crippen LogP contribution in [0.5, 0.6) is 0 Å². The molecule has 0 aliphatic heterocycles. The molecule has 1 aromatic carbocycles. The topological polar surface area (TPSA) is 64.2 Å². The lowest BCUT2D eigenvalue weighted by Crippen LogP contribution is -2.30. The Kier molecular flexibility index (Phi) is 4.08. The van der Waals surface area contributed by atoms with E-state index in [4.69, 9.17) is 4.52 Å². The molecule has 2 rings (SSSR count). The first-order chi connectivity index (χ1) is 9.50. The molecule has 0 saturated heterocycles. The van der Waals surface area contributed by atoms with Crippen LogP contribution in [-0.4, -0.2) is 17.2 Å². The summed E-state index contributed by atoms with van der Waals surface area (Å²) in [5.74, 6) is -0.0817. The van der Waals surface area contributed by atoms with Crippen LogP contribution < -0.4 is 10.9 Å². The van der Waals surface area contributed by atoms with Crippen LogP contribution in [0.25, 0.3) is 11.3 Å². The minimum absolute atomic E-state index is 0.0550. The van der Waals surface area contributed by atoms with Gasteiger partial charge < -0.3 is 9.84 Å². The normalized spacial score (nSPS) is 10.8. The molecular weight excluding hydrogens is 256 g/mol. The van der Waals surface area contributed by atoms with Crippen molar-refractivity contribution in [2.24, 2.45) is 13.0 Å². The second-order valence-electron chi connectivity index (χ2n) is 5.07. The van der Waals surface area contributed by atoms with E-state index in [-0.39, 0.29) is 5.56 Å². The Morgan fingerprint density at radius 3 is 2.55 bits per heavy atom. The monoisotopic (exact) mass is 274 g/mol. The highest BCUT2D eigenvalue weighted by atomic mass is 16.5. The number of rotatable bonds is 4. The van der Waals surface area contributed by atoms with Gasteiger partial charge >= 0.3 is 5.63 Å². The summed E-state index contributed by atoms with van der Waals surface area (Å²) < 4.78 is 6.36. The molecule has 1 amide bonds. The Morgan fingerprint density at radius 2 is 1.95 bits per heavy atom.